The van der Waals surface area contributed by atoms with Crippen molar-refractivity contribution in [2.75, 3.05) is 13.1 Å². The van der Waals surface area contributed by atoms with E-state index < -0.39 is 11.7 Å². The number of aromatic nitrogens is 3. The molecule has 1 aromatic heterocycles. The fourth-order valence-electron chi connectivity index (χ4n) is 2.51. The second kappa shape index (κ2) is 7.99. The Kier molecular flexibility index (Phi) is 6.85. The van der Waals surface area contributed by atoms with Crippen molar-refractivity contribution in [3.05, 3.63) is 41.7 Å². The zero-order valence-corrected chi connectivity index (χ0v) is 13.7. The molecular weight excluding hydrogens is 352 g/mol. The number of hydrogen-bond acceptors (Lipinski definition) is 3. The van der Waals surface area contributed by atoms with E-state index in [4.69, 9.17) is 0 Å². The van der Waals surface area contributed by atoms with Gasteiger partial charge in [-0.25, -0.2) is 4.68 Å². The fourth-order valence-corrected chi connectivity index (χ4v) is 2.51. The predicted molar refractivity (Wildman–Crippen MR) is 85.7 cm³/mol. The molecule has 1 aliphatic rings. The number of piperidine rings is 1. The normalized spacial score (nSPS) is 15.6. The number of benzene rings is 1. The van der Waals surface area contributed by atoms with Gasteiger partial charge in [0, 0.05) is 5.92 Å². The highest BCUT2D eigenvalue weighted by Crippen LogP contribution is 2.29. The van der Waals surface area contributed by atoms with Crippen LogP contribution in [0.3, 0.4) is 0 Å². The van der Waals surface area contributed by atoms with Gasteiger partial charge in [0.2, 0.25) is 0 Å². The van der Waals surface area contributed by atoms with Gasteiger partial charge in [0.15, 0.2) is 0 Å². The second-order valence-electron chi connectivity index (χ2n) is 5.16. The monoisotopic (exact) mass is 368 g/mol. The average molecular weight is 369 g/mol. The van der Waals surface area contributed by atoms with Gasteiger partial charge in [-0.1, -0.05) is 5.21 Å². The van der Waals surface area contributed by atoms with Gasteiger partial charge in [0.25, 0.3) is 0 Å². The Morgan fingerprint density at radius 2 is 1.65 bits per heavy atom. The maximum atomic E-state index is 12.5. The van der Waals surface area contributed by atoms with Crippen LogP contribution in [0.5, 0.6) is 0 Å². The number of rotatable bonds is 2. The first-order valence-electron chi connectivity index (χ1n) is 6.84. The summed E-state index contributed by atoms with van der Waals surface area (Å²) >= 11 is 0. The lowest BCUT2D eigenvalue weighted by Crippen LogP contribution is -2.26. The van der Waals surface area contributed by atoms with E-state index in [9.17, 15) is 13.2 Å². The molecule has 0 amide bonds. The minimum absolute atomic E-state index is 0. The zero-order chi connectivity index (χ0) is 14.9. The highest BCUT2D eigenvalue weighted by atomic mass is 35.5. The van der Waals surface area contributed by atoms with E-state index >= 15 is 0 Å². The maximum absolute atomic E-state index is 12.5. The average Bonchev–Trinajstić information content (AvgIpc) is 2.97. The molecule has 1 aliphatic heterocycles. The molecule has 0 atom stereocenters. The highest BCUT2D eigenvalue weighted by Gasteiger charge is 2.30. The zero-order valence-electron chi connectivity index (χ0n) is 12.1. The molecule has 4 nitrogen and oxygen atoms in total. The van der Waals surface area contributed by atoms with E-state index in [1.807, 2.05) is 0 Å². The molecule has 0 radical (unpaired) electrons. The van der Waals surface area contributed by atoms with Gasteiger partial charge >= 0.3 is 6.18 Å². The van der Waals surface area contributed by atoms with Gasteiger partial charge in [0.05, 0.1) is 23.1 Å². The van der Waals surface area contributed by atoms with Crippen molar-refractivity contribution in [3.8, 4) is 5.69 Å². The van der Waals surface area contributed by atoms with Crippen molar-refractivity contribution in [1.29, 1.82) is 0 Å². The summed E-state index contributed by atoms with van der Waals surface area (Å²) in [6.07, 6.45) is -0.503. The topological polar surface area (TPSA) is 42.7 Å². The molecule has 2 aromatic rings. The molecule has 9 heteroatoms. The largest absolute Gasteiger partial charge is 0.416 e. The minimum atomic E-state index is -4.32. The van der Waals surface area contributed by atoms with Crippen LogP contribution < -0.4 is 5.32 Å². The van der Waals surface area contributed by atoms with E-state index in [1.54, 1.807) is 6.20 Å². The van der Waals surface area contributed by atoms with Gasteiger partial charge < -0.3 is 5.32 Å². The molecule has 0 bridgehead atoms. The van der Waals surface area contributed by atoms with E-state index in [-0.39, 0.29) is 24.8 Å². The third-order valence-electron chi connectivity index (χ3n) is 3.73. The summed E-state index contributed by atoms with van der Waals surface area (Å²) < 4.78 is 39.1. The molecule has 128 valence electrons. The molecule has 1 saturated heterocycles. The van der Waals surface area contributed by atoms with Crippen LogP contribution in [0.25, 0.3) is 5.69 Å². The van der Waals surface area contributed by atoms with Crippen molar-refractivity contribution in [3.63, 3.8) is 0 Å². The Morgan fingerprint density at radius 1 is 1.04 bits per heavy atom. The smallest absolute Gasteiger partial charge is 0.317 e. The molecule has 23 heavy (non-hydrogen) atoms. The Hall–Kier alpha value is -1.31. The van der Waals surface area contributed by atoms with Crippen molar-refractivity contribution in [1.82, 2.24) is 20.3 Å². The van der Waals surface area contributed by atoms with E-state index in [0.717, 1.165) is 43.8 Å². The standard InChI is InChI=1S/C14H15F3N4.2ClH/c15-14(16,17)11-1-3-12(4-2-11)21-9-13(19-20-21)10-5-7-18-8-6-10;;/h1-4,9-10,18H,5-8H2;2*1H. The SMILES string of the molecule is Cl.Cl.FC(F)(F)c1ccc(-n2cc(C3CCNCC3)nn2)cc1. The summed E-state index contributed by atoms with van der Waals surface area (Å²) in [6, 6.07) is 4.93. The van der Waals surface area contributed by atoms with Gasteiger partial charge in [0.1, 0.15) is 0 Å². The molecule has 0 unspecified atom stereocenters. The molecule has 1 fully saturated rings. The van der Waals surface area contributed by atoms with Crippen LogP contribution in [0.1, 0.15) is 30.0 Å². The van der Waals surface area contributed by atoms with Crippen molar-refractivity contribution in [2.45, 2.75) is 24.9 Å². The Labute approximate surface area is 144 Å². The summed E-state index contributed by atoms with van der Waals surface area (Å²) in [5.74, 6) is 0.370. The van der Waals surface area contributed by atoms with Crippen LogP contribution in [-0.4, -0.2) is 28.1 Å². The Morgan fingerprint density at radius 3 is 2.22 bits per heavy atom. The highest BCUT2D eigenvalue weighted by molar-refractivity contribution is 5.85. The van der Waals surface area contributed by atoms with Crippen LogP contribution >= 0.6 is 24.8 Å². The summed E-state index contributed by atoms with van der Waals surface area (Å²) in [7, 11) is 0. The van der Waals surface area contributed by atoms with Crippen molar-refractivity contribution < 1.29 is 13.2 Å². The Bertz CT molecular complexity index is 607. The molecule has 0 aliphatic carbocycles. The van der Waals surface area contributed by atoms with Gasteiger partial charge in [-0.15, -0.1) is 29.9 Å². The molecular formula is C14H17Cl2F3N4. The van der Waals surface area contributed by atoms with Gasteiger partial charge in [-0.2, -0.15) is 13.2 Å². The number of nitrogens with one attached hydrogen (secondary N) is 1. The maximum Gasteiger partial charge on any atom is 0.416 e. The van der Waals surface area contributed by atoms with Crippen LogP contribution in [0, 0.1) is 0 Å². The first-order chi connectivity index (χ1) is 10.0. The fraction of sp³-hybridized carbons (Fsp3) is 0.429. The molecule has 2 heterocycles. The van der Waals surface area contributed by atoms with Crippen molar-refractivity contribution in [2.24, 2.45) is 0 Å². The van der Waals surface area contributed by atoms with Crippen molar-refractivity contribution >= 4 is 24.8 Å². The number of halogens is 5. The Balaban J connectivity index is 0.00000132. The molecule has 1 N–H and O–H groups in total. The number of alkyl halides is 3. The minimum Gasteiger partial charge on any atom is -0.317 e. The summed E-state index contributed by atoms with van der Waals surface area (Å²) in [4.78, 5) is 0. The van der Waals surface area contributed by atoms with Gasteiger partial charge in [-0.3, -0.25) is 0 Å². The second-order valence-corrected chi connectivity index (χ2v) is 5.16. The van der Waals surface area contributed by atoms with Crippen LogP contribution in [-0.2, 0) is 6.18 Å². The van der Waals surface area contributed by atoms with Crippen LogP contribution in [0.15, 0.2) is 30.5 Å². The molecule has 3 rings (SSSR count). The lowest BCUT2D eigenvalue weighted by atomic mass is 9.95. The first-order valence-corrected chi connectivity index (χ1v) is 6.84. The first kappa shape index (κ1) is 19.7. The lowest BCUT2D eigenvalue weighted by molar-refractivity contribution is -0.137. The van der Waals surface area contributed by atoms with Crippen LogP contribution in [0.4, 0.5) is 13.2 Å². The summed E-state index contributed by atoms with van der Waals surface area (Å²) in [6.45, 7) is 1.91. The third-order valence-corrected chi connectivity index (χ3v) is 3.73. The molecule has 0 saturated carbocycles. The van der Waals surface area contributed by atoms with E-state index in [2.05, 4.69) is 15.6 Å². The van der Waals surface area contributed by atoms with Gasteiger partial charge in [-0.05, 0) is 50.2 Å². The predicted octanol–water partition coefficient (Wildman–Crippen LogP) is 3.60. The number of hydrogen-bond donors (Lipinski definition) is 1. The quantitative estimate of drug-likeness (QED) is 0.880. The molecule has 0 spiro atoms. The summed E-state index contributed by atoms with van der Waals surface area (Å²) in [5.41, 5.74) is 0.817. The summed E-state index contributed by atoms with van der Waals surface area (Å²) in [5, 5.41) is 11.5. The third kappa shape index (κ3) is 4.59. The lowest BCUT2D eigenvalue weighted by Gasteiger charge is -2.19. The van der Waals surface area contributed by atoms with Crippen LogP contribution in [0.2, 0.25) is 0 Å². The van der Waals surface area contributed by atoms with E-state index in [1.165, 1.54) is 16.8 Å². The number of nitrogens with zero attached hydrogens (tertiary/aromatic N) is 3. The van der Waals surface area contributed by atoms with E-state index in [0.29, 0.717) is 11.6 Å². The molecule has 1 aromatic carbocycles.